The van der Waals surface area contributed by atoms with E-state index < -0.39 is 0 Å². The highest BCUT2D eigenvalue weighted by atomic mass is 127. The van der Waals surface area contributed by atoms with Crippen LogP contribution in [0.3, 0.4) is 0 Å². The summed E-state index contributed by atoms with van der Waals surface area (Å²) in [4.78, 5) is 2.35. The van der Waals surface area contributed by atoms with Crippen LogP contribution < -0.4 is 0 Å². The molecule has 3 rings (SSSR count). The van der Waals surface area contributed by atoms with Gasteiger partial charge >= 0.3 is 0 Å². The van der Waals surface area contributed by atoms with Gasteiger partial charge in [0.25, 0.3) is 0 Å². The van der Waals surface area contributed by atoms with Gasteiger partial charge in [0.1, 0.15) is 0 Å². The second kappa shape index (κ2) is 5.86. The molecule has 0 fully saturated rings. The predicted octanol–water partition coefficient (Wildman–Crippen LogP) is 4.62. The van der Waals surface area contributed by atoms with Crippen molar-refractivity contribution < 1.29 is 0 Å². The van der Waals surface area contributed by atoms with Gasteiger partial charge in [-0.15, -0.1) is 0 Å². The van der Waals surface area contributed by atoms with E-state index >= 15 is 0 Å². The first-order valence-corrected chi connectivity index (χ1v) is 8.22. The van der Waals surface area contributed by atoms with Crippen molar-refractivity contribution in [2.45, 2.75) is 24.8 Å². The fraction of sp³-hybridized carbons (Fsp3) is 0.333. The first-order chi connectivity index (χ1) is 9.65. The van der Waals surface area contributed by atoms with E-state index in [0.29, 0.717) is 12.0 Å². The van der Waals surface area contributed by atoms with Gasteiger partial charge in [-0.1, -0.05) is 36.4 Å². The average molecular weight is 377 g/mol. The largest absolute Gasteiger partial charge is 0.302 e. The van der Waals surface area contributed by atoms with Gasteiger partial charge in [-0.3, -0.25) is 0 Å². The van der Waals surface area contributed by atoms with Gasteiger partial charge in [0, 0.05) is 9.61 Å². The molecule has 0 heterocycles. The molecule has 2 heteroatoms. The standard InChI is InChI=1S/C18H20IN/c1-20(2)18-12-14(16-5-3-4-6-17(16)18)11-13-7-9-15(19)10-8-13/h3-10,14,18H,11-12H2,1-2H3/t14-,18-/m1/s1. The fourth-order valence-corrected chi connectivity index (χ4v) is 3.66. The SMILES string of the molecule is CN(C)[C@@H]1C[C@@H](Cc2ccc(I)cc2)c2ccccc21. The van der Waals surface area contributed by atoms with Crippen LogP contribution in [0.25, 0.3) is 0 Å². The Balaban J connectivity index is 1.86. The number of fused-ring (bicyclic) bond motifs is 1. The van der Waals surface area contributed by atoms with Crippen LogP contribution in [0.1, 0.15) is 35.1 Å². The topological polar surface area (TPSA) is 3.24 Å². The molecule has 0 aliphatic heterocycles. The summed E-state index contributed by atoms with van der Waals surface area (Å²) in [6.07, 6.45) is 2.39. The molecule has 0 amide bonds. The van der Waals surface area contributed by atoms with Crippen LogP contribution in [-0.4, -0.2) is 19.0 Å². The van der Waals surface area contributed by atoms with Crippen LogP contribution in [0.15, 0.2) is 48.5 Å². The molecule has 0 saturated carbocycles. The highest BCUT2D eigenvalue weighted by molar-refractivity contribution is 14.1. The minimum atomic E-state index is 0.569. The zero-order valence-corrected chi connectivity index (χ0v) is 14.2. The van der Waals surface area contributed by atoms with E-state index in [1.54, 1.807) is 5.56 Å². The number of hydrogen-bond donors (Lipinski definition) is 0. The maximum Gasteiger partial charge on any atom is 0.0350 e. The molecule has 1 aliphatic carbocycles. The van der Waals surface area contributed by atoms with Gasteiger partial charge in [-0.05, 0) is 84.3 Å². The molecular weight excluding hydrogens is 357 g/mol. The number of rotatable bonds is 3. The van der Waals surface area contributed by atoms with Crippen molar-refractivity contribution in [3.63, 3.8) is 0 Å². The van der Waals surface area contributed by atoms with Crippen molar-refractivity contribution in [3.05, 3.63) is 68.8 Å². The quantitative estimate of drug-likeness (QED) is 0.706. The summed E-state index contributed by atoms with van der Waals surface area (Å²) in [6.45, 7) is 0. The maximum absolute atomic E-state index is 2.37. The first kappa shape index (κ1) is 14.1. The van der Waals surface area contributed by atoms with Crippen LogP contribution >= 0.6 is 22.6 Å². The summed E-state index contributed by atoms with van der Waals surface area (Å²) in [5.41, 5.74) is 4.52. The maximum atomic E-state index is 2.37. The summed E-state index contributed by atoms with van der Waals surface area (Å²) in [5, 5.41) is 0. The predicted molar refractivity (Wildman–Crippen MR) is 93.1 cm³/mol. The lowest BCUT2D eigenvalue weighted by atomic mass is 9.94. The molecule has 0 bridgehead atoms. The summed E-state index contributed by atoms with van der Waals surface area (Å²) in [7, 11) is 4.38. The normalized spacial score (nSPS) is 21.2. The van der Waals surface area contributed by atoms with E-state index in [2.05, 4.69) is 90.1 Å². The molecule has 2 aromatic carbocycles. The summed E-state index contributed by atoms with van der Waals surface area (Å²) >= 11 is 2.37. The Morgan fingerprint density at radius 3 is 2.30 bits per heavy atom. The van der Waals surface area contributed by atoms with Crippen LogP contribution in [0.2, 0.25) is 0 Å². The van der Waals surface area contributed by atoms with Crippen molar-refractivity contribution in [1.29, 1.82) is 0 Å². The number of halogens is 1. The molecule has 0 N–H and O–H groups in total. The van der Waals surface area contributed by atoms with E-state index in [4.69, 9.17) is 0 Å². The van der Waals surface area contributed by atoms with Crippen molar-refractivity contribution in [3.8, 4) is 0 Å². The third-order valence-electron chi connectivity index (χ3n) is 4.32. The molecular formula is C18H20IN. The lowest BCUT2D eigenvalue weighted by molar-refractivity contribution is 0.288. The highest BCUT2D eigenvalue weighted by Crippen LogP contribution is 2.43. The van der Waals surface area contributed by atoms with Crippen LogP contribution in [0.5, 0.6) is 0 Å². The van der Waals surface area contributed by atoms with Gasteiger partial charge < -0.3 is 4.90 Å². The smallest absolute Gasteiger partial charge is 0.0350 e. The Labute approximate surface area is 135 Å². The number of hydrogen-bond acceptors (Lipinski definition) is 1. The Hall–Kier alpha value is -0.870. The Kier molecular flexibility index (Phi) is 4.13. The molecule has 1 nitrogen and oxygen atoms in total. The van der Waals surface area contributed by atoms with Gasteiger partial charge in [0.05, 0.1) is 0 Å². The Morgan fingerprint density at radius 2 is 1.65 bits per heavy atom. The molecule has 2 aromatic rings. The van der Waals surface area contributed by atoms with Crippen LogP contribution in [0.4, 0.5) is 0 Å². The summed E-state index contributed by atoms with van der Waals surface area (Å²) in [6, 6.07) is 18.5. The Bertz CT molecular complexity index is 589. The third-order valence-corrected chi connectivity index (χ3v) is 5.04. The zero-order chi connectivity index (χ0) is 14.1. The molecule has 0 radical (unpaired) electrons. The summed E-state index contributed by atoms with van der Waals surface area (Å²) in [5.74, 6) is 0.652. The van der Waals surface area contributed by atoms with Crippen LogP contribution in [-0.2, 0) is 6.42 Å². The van der Waals surface area contributed by atoms with Gasteiger partial charge in [0.15, 0.2) is 0 Å². The molecule has 20 heavy (non-hydrogen) atoms. The van der Waals surface area contributed by atoms with Gasteiger partial charge in [-0.25, -0.2) is 0 Å². The van der Waals surface area contributed by atoms with E-state index in [-0.39, 0.29) is 0 Å². The first-order valence-electron chi connectivity index (χ1n) is 7.15. The monoisotopic (exact) mass is 377 g/mol. The van der Waals surface area contributed by atoms with Crippen molar-refractivity contribution >= 4 is 22.6 Å². The molecule has 0 spiro atoms. The lowest BCUT2D eigenvalue weighted by Crippen LogP contribution is -2.17. The van der Waals surface area contributed by atoms with E-state index in [0.717, 1.165) is 6.42 Å². The minimum Gasteiger partial charge on any atom is -0.302 e. The fourth-order valence-electron chi connectivity index (χ4n) is 3.30. The zero-order valence-electron chi connectivity index (χ0n) is 12.0. The molecule has 0 unspecified atom stereocenters. The van der Waals surface area contributed by atoms with Gasteiger partial charge in [-0.2, -0.15) is 0 Å². The third kappa shape index (κ3) is 2.77. The number of nitrogens with zero attached hydrogens (tertiary/aromatic N) is 1. The average Bonchev–Trinajstić information content (AvgIpc) is 2.81. The molecule has 1 aliphatic rings. The molecule has 0 saturated heterocycles. The van der Waals surface area contributed by atoms with Crippen molar-refractivity contribution in [1.82, 2.24) is 4.90 Å². The summed E-state index contributed by atoms with van der Waals surface area (Å²) < 4.78 is 1.31. The molecule has 104 valence electrons. The molecule has 2 atom stereocenters. The van der Waals surface area contributed by atoms with E-state index in [1.807, 2.05) is 0 Å². The Morgan fingerprint density at radius 1 is 1.00 bits per heavy atom. The minimum absolute atomic E-state index is 0.569. The van der Waals surface area contributed by atoms with E-state index in [9.17, 15) is 0 Å². The molecule has 0 aromatic heterocycles. The highest BCUT2D eigenvalue weighted by Gasteiger charge is 2.31. The van der Waals surface area contributed by atoms with Crippen molar-refractivity contribution in [2.75, 3.05) is 14.1 Å². The number of benzene rings is 2. The van der Waals surface area contributed by atoms with Crippen LogP contribution in [0, 0.1) is 3.57 Å². The van der Waals surface area contributed by atoms with Crippen molar-refractivity contribution in [2.24, 2.45) is 0 Å². The lowest BCUT2D eigenvalue weighted by Gasteiger charge is -2.20. The van der Waals surface area contributed by atoms with E-state index in [1.165, 1.54) is 21.1 Å². The second-order valence-corrected chi connectivity index (χ2v) is 7.12. The van der Waals surface area contributed by atoms with Gasteiger partial charge in [0.2, 0.25) is 0 Å². The second-order valence-electron chi connectivity index (χ2n) is 5.87.